The number of ether oxygens (including phenoxy) is 2. The highest BCUT2D eigenvalue weighted by Crippen LogP contribution is 2.43. The molecular weight excluding hydrogens is 304 g/mol. The highest BCUT2D eigenvalue weighted by molar-refractivity contribution is 6.30. The second-order valence-corrected chi connectivity index (χ2v) is 5.50. The number of aromatic hydroxyl groups is 1. The monoisotopic (exact) mass is 318 g/mol. The molecule has 1 N–H and O–H groups in total. The number of hydrogen-bond donors (Lipinski definition) is 1. The maximum Gasteiger partial charge on any atom is 0.312 e. The van der Waals surface area contributed by atoms with Crippen LogP contribution in [0.3, 0.4) is 0 Å². The third kappa shape index (κ3) is 2.74. The Bertz CT molecular complexity index is 727. The van der Waals surface area contributed by atoms with Crippen LogP contribution in [-0.2, 0) is 4.79 Å². The number of esters is 1. The molecular formula is C17H15ClO4. The van der Waals surface area contributed by atoms with Gasteiger partial charge in [0.25, 0.3) is 0 Å². The summed E-state index contributed by atoms with van der Waals surface area (Å²) in [6.45, 7) is 2.42. The number of phenolic OH excluding ortho intramolecular Hbond substituents is 1. The minimum Gasteiger partial charge on any atom is -0.508 e. The van der Waals surface area contributed by atoms with Crippen LogP contribution in [0.15, 0.2) is 36.4 Å². The molecule has 3 rings (SSSR count). The highest BCUT2D eigenvalue weighted by Gasteiger charge is 2.30. The van der Waals surface area contributed by atoms with Gasteiger partial charge in [0, 0.05) is 28.1 Å². The fraction of sp³-hybridized carbons (Fsp3) is 0.235. The summed E-state index contributed by atoms with van der Waals surface area (Å²) >= 11 is 6.11. The van der Waals surface area contributed by atoms with Gasteiger partial charge in [-0.25, -0.2) is 0 Å². The van der Waals surface area contributed by atoms with E-state index < -0.39 is 0 Å². The molecule has 0 amide bonds. The van der Waals surface area contributed by atoms with Crippen molar-refractivity contribution in [2.45, 2.75) is 19.3 Å². The molecule has 0 saturated carbocycles. The van der Waals surface area contributed by atoms with Crippen LogP contribution in [-0.4, -0.2) is 17.7 Å². The van der Waals surface area contributed by atoms with Crippen LogP contribution >= 0.6 is 11.6 Å². The minimum atomic E-state index is -0.342. The Labute approximate surface area is 133 Å². The Morgan fingerprint density at radius 1 is 1.27 bits per heavy atom. The van der Waals surface area contributed by atoms with E-state index in [9.17, 15) is 9.90 Å². The molecule has 0 aromatic heterocycles. The Morgan fingerprint density at radius 2 is 2.09 bits per heavy atom. The summed E-state index contributed by atoms with van der Waals surface area (Å²) in [5, 5.41) is 10.2. The molecule has 1 aliphatic heterocycles. The molecule has 4 nitrogen and oxygen atoms in total. The lowest BCUT2D eigenvalue weighted by Gasteiger charge is -2.26. The number of carbonyl (C=O) groups is 1. The van der Waals surface area contributed by atoms with Crippen molar-refractivity contribution in [3.8, 4) is 17.2 Å². The summed E-state index contributed by atoms with van der Waals surface area (Å²) in [5.41, 5.74) is 1.68. The molecule has 0 aliphatic carbocycles. The van der Waals surface area contributed by atoms with Crippen LogP contribution < -0.4 is 9.47 Å². The zero-order valence-electron chi connectivity index (χ0n) is 12.0. The number of phenols is 1. The summed E-state index contributed by atoms with van der Waals surface area (Å²) in [7, 11) is 0. The van der Waals surface area contributed by atoms with Crippen LogP contribution in [0.25, 0.3) is 0 Å². The average molecular weight is 319 g/mol. The molecule has 2 aromatic rings. The highest BCUT2D eigenvalue weighted by atomic mass is 35.5. The van der Waals surface area contributed by atoms with E-state index in [1.54, 1.807) is 24.3 Å². The van der Waals surface area contributed by atoms with Crippen LogP contribution in [0.1, 0.15) is 30.4 Å². The summed E-state index contributed by atoms with van der Waals surface area (Å²) < 4.78 is 10.9. The van der Waals surface area contributed by atoms with Crippen molar-refractivity contribution >= 4 is 17.6 Å². The molecule has 114 valence electrons. The second-order valence-electron chi connectivity index (χ2n) is 5.07. The first-order chi connectivity index (χ1) is 10.6. The first-order valence-corrected chi connectivity index (χ1v) is 7.42. The predicted octanol–water partition coefficient (Wildman–Crippen LogP) is 3.89. The predicted molar refractivity (Wildman–Crippen MR) is 82.8 cm³/mol. The van der Waals surface area contributed by atoms with Gasteiger partial charge in [-0.15, -0.1) is 0 Å². The van der Waals surface area contributed by atoms with Gasteiger partial charge in [-0.1, -0.05) is 17.7 Å². The van der Waals surface area contributed by atoms with Gasteiger partial charge in [0.1, 0.15) is 17.2 Å². The van der Waals surface area contributed by atoms with Crippen molar-refractivity contribution in [2.75, 3.05) is 6.61 Å². The van der Waals surface area contributed by atoms with Gasteiger partial charge in [-0.2, -0.15) is 0 Å². The Kier molecular flexibility index (Phi) is 3.94. The first kappa shape index (κ1) is 14.7. The third-order valence-electron chi connectivity index (χ3n) is 3.61. The second kappa shape index (κ2) is 5.89. The number of carbonyl (C=O) groups excluding carboxylic acids is 1. The maximum atomic E-state index is 11.9. The number of fused-ring (bicyclic) bond motifs is 1. The van der Waals surface area contributed by atoms with Crippen molar-refractivity contribution in [3.63, 3.8) is 0 Å². The van der Waals surface area contributed by atoms with Gasteiger partial charge in [0.2, 0.25) is 0 Å². The third-order valence-corrected chi connectivity index (χ3v) is 3.85. The van der Waals surface area contributed by atoms with E-state index >= 15 is 0 Å². The van der Waals surface area contributed by atoms with Gasteiger partial charge in [-0.05, 0) is 31.2 Å². The van der Waals surface area contributed by atoms with E-state index in [-0.39, 0.29) is 24.1 Å². The standard InChI is InChI=1S/C17H15ClO4/c1-2-21-15-6-3-10(18)7-14(15)13-9-17(20)22-16-8-11(19)4-5-12(13)16/h3-8,13,19H,2,9H2,1H3. The van der Waals surface area contributed by atoms with Gasteiger partial charge >= 0.3 is 5.97 Å². The fourth-order valence-corrected chi connectivity index (χ4v) is 2.88. The summed E-state index contributed by atoms with van der Waals surface area (Å²) in [4.78, 5) is 11.9. The summed E-state index contributed by atoms with van der Waals surface area (Å²) in [5.74, 6) is 0.584. The number of halogens is 1. The van der Waals surface area contributed by atoms with Gasteiger partial charge in [-0.3, -0.25) is 4.79 Å². The minimum absolute atomic E-state index is 0.0586. The van der Waals surface area contributed by atoms with Crippen molar-refractivity contribution in [1.82, 2.24) is 0 Å². The van der Waals surface area contributed by atoms with Gasteiger partial charge < -0.3 is 14.6 Å². The van der Waals surface area contributed by atoms with E-state index in [2.05, 4.69) is 0 Å². The maximum absolute atomic E-state index is 11.9. The molecule has 1 atom stereocenters. The molecule has 0 radical (unpaired) electrons. The van der Waals surface area contributed by atoms with E-state index in [1.165, 1.54) is 6.07 Å². The molecule has 0 bridgehead atoms. The molecule has 0 spiro atoms. The zero-order valence-corrected chi connectivity index (χ0v) is 12.8. The molecule has 1 aliphatic rings. The number of rotatable bonds is 3. The van der Waals surface area contributed by atoms with Crippen molar-refractivity contribution in [3.05, 3.63) is 52.5 Å². The Balaban J connectivity index is 2.13. The topological polar surface area (TPSA) is 55.8 Å². The smallest absolute Gasteiger partial charge is 0.312 e. The molecule has 22 heavy (non-hydrogen) atoms. The molecule has 0 fully saturated rings. The molecule has 0 saturated heterocycles. The van der Waals surface area contributed by atoms with Crippen LogP contribution in [0, 0.1) is 0 Å². The number of benzene rings is 2. The van der Waals surface area contributed by atoms with Gasteiger partial charge in [0.15, 0.2) is 0 Å². The van der Waals surface area contributed by atoms with Crippen LogP contribution in [0.5, 0.6) is 17.2 Å². The van der Waals surface area contributed by atoms with Crippen LogP contribution in [0.2, 0.25) is 5.02 Å². The zero-order chi connectivity index (χ0) is 15.7. The molecule has 2 aromatic carbocycles. The first-order valence-electron chi connectivity index (χ1n) is 7.04. The van der Waals surface area contributed by atoms with E-state index in [0.717, 1.165) is 11.1 Å². The normalized spacial score (nSPS) is 16.8. The quantitative estimate of drug-likeness (QED) is 0.689. The van der Waals surface area contributed by atoms with E-state index in [0.29, 0.717) is 23.1 Å². The Morgan fingerprint density at radius 3 is 2.86 bits per heavy atom. The Hall–Kier alpha value is -2.20. The van der Waals surface area contributed by atoms with Crippen molar-refractivity contribution in [1.29, 1.82) is 0 Å². The van der Waals surface area contributed by atoms with Crippen molar-refractivity contribution < 1.29 is 19.4 Å². The lowest BCUT2D eigenvalue weighted by Crippen LogP contribution is -2.21. The lowest BCUT2D eigenvalue weighted by atomic mass is 9.86. The lowest BCUT2D eigenvalue weighted by molar-refractivity contribution is -0.135. The van der Waals surface area contributed by atoms with Crippen LogP contribution in [0.4, 0.5) is 0 Å². The largest absolute Gasteiger partial charge is 0.508 e. The fourth-order valence-electron chi connectivity index (χ4n) is 2.70. The van der Waals surface area contributed by atoms with E-state index in [1.807, 2.05) is 13.0 Å². The summed E-state index contributed by atoms with van der Waals surface area (Å²) in [6, 6.07) is 10.2. The molecule has 1 heterocycles. The molecule has 5 heteroatoms. The number of hydrogen-bond acceptors (Lipinski definition) is 4. The SMILES string of the molecule is CCOc1ccc(Cl)cc1C1CC(=O)Oc2cc(O)ccc21. The van der Waals surface area contributed by atoms with Crippen molar-refractivity contribution in [2.24, 2.45) is 0 Å². The van der Waals surface area contributed by atoms with Gasteiger partial charge in [0.05, 0.1) is 13.0 Å². The summed E-state index contributed by atoms with van der Waals surface area (Å²) in [6.07, 6.45) is 0.207. The van der Waals surface area contributed by atoms with E-state index in [4.69, 9.17) is 21.1 Å². The molecule has 1 unspecified atom stereocenters. The average Bonchev–Trinajstić information content (AvgIpc) is 2.48.